The number of allylic oxidation sites excluding steroid dienone is 1. The Morgan fingerprint density at radius 1 is 1.29 bits per heavy atom. The summed E-state index contributed by atoms with van der Waals surface area (Å²) >= 11 is 0. The molecule has 1 aromatic carbocycles. The van der Waals surface area contributed by atoms with Crippen LogP contribution in [-0.2, 0) is 16.6 Å². The normalized spacial score (nSPS) is 15.1. The molecule has 1 saturated heterocycles. The van der Waals surface area contributed by atoms with E-state index in [0.717, 1.165) is 50.3 Å². The maximum atomic E-state index is 12.6. The van der Waals surface area contributed by atoms with E-state index in [4.69, 9.17) is 0 Å². The molecule has 28 heavy (non-hydrogen) atoms. The van der Waals surface area contributed by atoms with Gasteiger partial charge >= 0.3 is 0 Å². The van der Waals surface area contributed by atoms with Crippen LogP contribution in [0.3, 0.4) is 0 Å². The summed E-state index contributed by atoms with van der Waals surface area (Å²) in [6.45, 7) is 9.27. The molecule has 0 aromatic heterocycles. The molecule has 0 saturated carbocycles. The topological polar surface area (TPSA) is 65.0 Å². The Labute approximate surface area is 187 Å². The van der Waals surface area contributed by atoms with Crippen LogP contribution >= 0.6 is 24.0 Å². The molecule has 1 N–H and O–H groups in total. The molecule has 158 valence electrons. The summed E-state index contributed by atoms with van der Waals surface area (Å²) in [5, 5.41) is 3.30. The molecule has 0 aliphatic carbocycles. The van der Waals surface area contributed by atoms with Crippen LogP contribution < -0.4 is 5.32 Å². The highest BCUT2D eigenvalue weighted by Crippen LogP contribution is 2.21. The van der Waals surface area contributed by atoms with Crippen molar-refractivity contribution in [2.75, 3.05) is 33.2 Å². The number of unbranched alkanes of at least 4 members (excludes halogenated alkanes) is 1. The number of hydrogen-bond acceptors (Lipinski definition) is 3. The van der Waals surface area contributed by atoms with E-state index in [-0.39, 0.29) is 24.0 Å². The zero-order valence-electron chi connectivity index (χ0n) is 16.9. The molecule has 0 radical (unpaired) electrons. The van der Waals surface area contributed by atoms with Crippen molar-refractivity contribution in [1.29, 1.82) is 0 Å². The van der Waals surface area contributed by atoms with Crippen molar-refractivity contribution < 1.29 is 8.42 Å². The first kappa shape index (κ1) is 24.9. The quantitative estimate of drug-likeness (QED) is 0.178. The van der Waals surface area contributed by atoms with Gasteiger partial charge < -0.3 is 10.2 Å². The van der Waals surface area contributed by atoms with Gasteiger partial charge in [0.25, 0.3) is 0 Å². The molecule has 8 heteroatoms. The lowest BCUT2D eigenvalue weighted by Gasteiger charge is -2.21. The maximum absolute atomic E-state index is 12.6. The van der Waals surface area contributed by atoms with Crippen LogP contribution in [0.4, 0.5) is 0 Å². The molecule has 1 aliphatic rings. The minimum Gasteiger partial charge on any atom is -0.357 e. The zero-order valence-corrected chi connectivity index (χ0v) is 20.1. The Balaban J connectivity index is 0.00000392. The van der Waals surface area contributed by atoms with Gasteiger partial charge in [0.1, 0.15) is 0 Å². The summed E-state index contributed by atoms with van der Waals surface area (Å²) < 4.78 is 26.7. The Morgan fingerprint density at radius 2 is 1.93 bits per heavy atom. The lowest BCUT2D eigenvalue weighted by Crippen LogP contribution is -2.39. The van der Waals surface area contributed by atoms with Crippen LogP contribution in [0.5, 0.6) is 0 Å². The summed E-state index contributed by atoms with van der Waals surface area (Å²) in [6.07, 6.45) is 5.83. The Bertz CT molecular complexity index is 729. The van der Waals surface area contributed by atoms with Gasteiger partial charge in [-0.2, -0.15) is 4.31 Å². The van der Waals surface area contributed by atoms with Crippen LogP contribution in [0.2, 0.25) is 0 Å². The molecule has 0 spiro atoms. The minimum absolute atomic E-state index is 0. The number of sulfonamides is 1. The lowest BCUT2D eigenvalue weighted by molar-refractivity contribution is 0.470. The molecule has 0 atom stereocenters. The molecule has 1 aliphatic heterocycles. The molecule has 1 heterocycles. The number of benzene rings is 1. The van der Waals surface area contributed by atoms with E-state index >= 15 is 0 Å². The molecular weight excluding hydrogens is 487 g/mol. The third-order valence-corrected chi connectivity index (χ3v) is 6.55. The highest BCUT2D eigenvalue weighted by molar-refractivity contribution is 14.0. The second-order valence-corrected chi connectivity index (χ2v) is 8.72. The molecule has 0 unspecified atom stereocenters. The smallest absolute Gasteiger partial charge is 0.243 e. The van der Waals surface area contributed by atoms with Gasteiger partial charge in [0.05, 0.1) is 11.4 Å². The molecule has 2 rings (SSSR count). The molecule has 0 amide bonds. The van der Waals surface area contributed by atoms with E-state index in [1.165, 1.54) is 0 Å². The largest absolute Gasteiger partial charge is 0.357 e. The fourth-order valence-corrected chi connectivity index (χ4v) is 4.58. The van der Waals surface area contributed by atoms with Crippen molar-refractivity contribution >= 4 is 40.0 Å². The average molecular weight is 520 g/mol. The lowest BCUT2D eigenvalue weighted by atomic mass is 10.2. The van der Waals surface area contributed by atoms with Crippen LogP contribution in [0.15, 0.2) is 46.8 Å². The predicted molar refractivity (Wildman–Crippen MR) is 127 cm³/mol. The van der Waals surface area contributed by atoms with Crippen LogP contribution in [0.1, 0.15) is 38.2 Å². The fraction of sp³-hybridized carbons (Fsp3) is 0.550. The van der Waals surface area contributed by atoms with Crippen molar-refractivity contribution in [3.8, 4) is 0 Å². The number of hydrogen-bond donors (Lipinski definition) is 1. The second kappa shape index (κ2) is 12.4. The third kappa shape index (κ3) is 7.04. The first-order valence-electron chi connectivity index (χ1n) is 9.68. The van der Waals surface area contributed by atoms with Gasteiger partial charge in [-0.25, -0.2) is 13.4 Å². The van der Waals surface area contributed by atoms with Gasteiger partial charge in [-0.3, -0.25) is 0 Å². The number of aliphatic imine (C=N–C) groups is 1. The Kier molecular flexibility index (Phi) is 11.1. The first-order valence-corrected chi connectivity index (χ1v) is 11.1. The first-order chi connectivity index (χ1) is 13.0. The SMILES string of the molecule is C=CCCCN(C)C(=NCc1ccc(S(=O)(=O)N2CCCC2)cc1)NCC.I. The summed E-state index contributed by atoms with van der Waals surface area (Å²) in [5.41, 5.74) is 0.991. The average Bonchev–Trinajstić information content (AvgIpc) is 3.21. The van der Waals surface area contributed by atoms with E-state index in [1.54, 1.807) is 16.4 Å². The van der Waals surface area contributed by atoms with E-state index in [0.29, 0.717) is 24.5 Å². The van der Waals surface area contributed by atoms with Crippen LogP contribution in [-0.4, -0.2) is 56.8 Å². The van der Waals surface area contributed by atoms with Crippen molar-refractivity contribution in [2.45, 2.75) is 44.0 Å². The molecule has 6 nitrogen and oxygen atoms in total. The van der Waals surface area contributed by atoms with Gasteiger partial charge in [-0.1, -0.05) is 18.2 Å². The number of nitrogens with zero attached hydrogens (tertiary/aromatic N) is 3. The molecule has 1 aromatic rings. The Hall–Kier alpha value is -1.13. The van der Waals surface area contributed by atoms with Gasteiger partial charge in [0, 0.05) is 33.2 Å². The second-order valence-electron chi connectivity index (χ2n) is 6.78. The standard InChI is InChI=1S/C20H32N4O2S.HI/c1-4-6-7-14-23(3)20(21-5-2)22-17-18-10-12-19(13-11-18)27(25,26)24-15-8-9-16-24;/h4,10-13H,1,5-9,14-17H2,2-3H3,(H,21,22);1H. The summed E-state index contributed by atoms with van der Waals surface area (Å²) in [4.78, 5) is 7.15. The van der Waals surface area contributed by atoms with E-state index in [2.05, 4.69) is 21.8 Å². The van der Waals surface area contributed by atoms with E-state index in [1.807, 2.05) is 32.2 Å². The zero-order chi connectivity index (χ0) is 19.7. The van der Waals surface area contributed by atoms with E-state index in [9.17, 15) is 8.42 Å². The van der Waals surface area contributed by atoms with Gasteiger partial charge in [0.15, 0.2) is 5.96 Å². The number of rotatable bonds is 9. The van der Waals surface area contributed by atoms with Crippen molar-refractivity contribution in [3.05, 3.63) is 42.5 Å². The van der Waals surface area contributed by atoms with Crippen molar-refractivity contribution in [1.82, 2.24) is 14.5 Å². The summed E-state index contributed by atoms with van der Waals surface area (Å²) in [6, 6.07) is 7.10. The molecule has 1 fully saturated rings. The van der Waals surface area contributed by atoms with Crippen LogP contribution in [0.25, 0.3) is 0 Å². The molecular formula is C20H33IN4O2S. The van der Waals surface area contributed by atoms with Gasteiger partial charge in [-0.05, 0) is 50.3 Å². The predicted octanol–water partition coefficient (Wildman–Crippen LogP) is 3.45. The van der Waals surface area contributed by atoms with E-state index < -0.39 is 10.0 Å². The molecule has 0 bridgehead atoms. The van der Waals surface area contributed by atoms with Gasteiger partial charge in [0.2, 0.25) is 10.0 Å². The monoisotopic (exact) mass is 520 g/mol. The third-order valence-electron chi connectivity index (χ3n) is 4.64. The number of guanidine groups is 1. The highest BCUT2D eigenvalue weighted by Gasteiger charge is 2.26. The number of nitrogens with one attached hydrogen (secondary N) is 1. The summed E-state index contributed by atoms with van der Waals surface area (Å²) in [5.74, 6) is 0.857. The van der Waals surface area contributed by atoms with Crippen molar-refractivity contribution in [3.63, 3.8) is 0 Å². The van der Waals surface area contributed by atoms with Crippen molar-refractivity contribution in [2.24, 2.45) is 4.99 Å². The summed E-state index contributed by atoms with van der Waals surface area (Å²) in [7, 11) is -1.33. The fourth-order valence-electron chi connectivity index (χ4n) is 3.06. The Morgan fingerprint density at radius 3 is 2.50 bits per heavy atom. The minimum atomic E-state index is -3.35. The maximum Gasteiger partial charge on any atom is 0.243 e. The van der Waals surface area contributed by atoms with Gasteiger partial charge in [-0.15, -0.1) is 30.6 Å². The van der Waals surface area contributed by atoms with Crippen LogP contribution in [0, 0.1) is 0 Å². The number of halogens is 1. The highest BCUT2D eigenvalue weighted by atomic mass is 127.